The molecule has 0 spiro atoms. The van der Waals surface area contributed by atoms with Crippen LogP contribution in [0.25, 0.3) is 0 Å². The van der Waals surface area contributed by atoms with Gasteiger partial charge in [-0.2, -0.15) is 0 Å². The lowest BCUT2D eigenvalue weighted by atomic mass is 10.1. The molecule has 0 aromatic heterocycles. The largest absolute Gasteiger partial charge is 0.670 e. The van der Waals surface area contributed by atoms with Crippen molar-refractivity contribution >= 4 is 14.8 Å². The predicted octanol–water partition coefficient (Wildman–Crippen LogP) is 0.224. The van der Waals surface area contributed by atoms with Crippen LogP contribution in [0.4, 0.5) is 0 Å². The Bertz CT molecular complexity index is 116. The van der Waals surface area contributed by atoms with Crippen molar-refractivity contribution in [3.05, 3.63) is 0 Å². The first-order valence-corrected chi connectivity index (χ1v) is 6.90. The van der Waals surface area contributed by atoms with Crippen molar-refractivity contribution in [3.8, 4) is 0 Å². The molecule has 0 saturated heterocycles. The molecular formula is C8H21AlN2O2. The Hall–Kier alpha value is 0.372. The molecule has 0 aliphatic heterocycles. The molecule has 1 atom stereocenters. The van der Waals surface area contributed by atoms with E-state index >= 15 is 0 Å². The Morgan fingerprint density at radius 2 is 2.08 bits per heavy atom. The summed E-state index contributed by atoms with van der Waals surface area (Å²) in [6.45, 7) is 1.44. The van der Waals surface area contributed by atoms with Crippen LogP contribution >= 0.6 is 0 Å². The highest BCUT2D eigenvalue weighted by atomic mass is 27.2. The molecule has 0 rings (SSSR count). The Morgan fingerprint density at radius 3 is 2.62 bits per heavy atom. The van der Waals surface area contributed by atoms with Crippen LogP contribution in [-0.2, 0) is 7.58 Å². The maximum atomic E-state index is 5.78. The van der Waals surface area contributed by atoms with Crippen molar-refractivity contribution in [3.63, 3.8) is 0 Å². The normalized spacial score (nSPS) is 12.9. The minimum absolute atomic E-state index is 0.230. The van der Waals surface area contributed by atoms with E-state index in [1.54, 1.807) is 7.11 Å². The van der Waals surface area contributed by atoms with Crippen molar-refractivity contribution in [2.75, 3.05) is 20.3 Å². The second kappa shape index (κ2) is 8.95. The second-order valence-corrected chi connectivity index (χ2v) is 5.09. The van der Waals surface area contributed by atoms with Crippen molar-refractivity contribution in [1.82, 2.24) is 0 Å². The van der Waals surface area contributed by atoms with Gasteiger partial charge >= 0.3 is 14.8 Å². The van der Waals surface area contributed by atoms with Crippen LogP contribution < -0.4 is 11.5 Å². The van der Waals surface area contributed by atoms with E-state index in [9.17, 15) is 0 Å². The highest BCUT2D eigenvalue weighted by Crippen LogP contribution is 1.99. The van der Waals surface area contributed by atoms with Gasteiger partial charge in [0.05, 0.1) is 0 Å². The third kappa shape index (κ3) is 8.70. The third-order valence-corrected chi connectivity index (χ3v) is 3.31. The highest BCUT2D eigenvalue weighted by molar-refractivity contribution is 6.42. The van der Waals surface area contributed by atoms with Gasteiger partial charge in [-0.25, -0.2) is 0 Å². The van der Waals surface area contributed by atoms with E-state index in [0.717, 1.165) is 25.9 Å². The van der Waals surface area contributed by atoms with Gasteiger partial charge in [0.2, 0.25) is 0 Å². The first-order valence-electron chi connectivity index (χ1n) is 4.80. The van der Waals surface area contributed by atoms with Gasteiger partial charge in [0.25, 0.3) is 0 Å². The Labute approximate surface area is 85.6 Å². The topological polar surface area (TPSA) is 70.5 Å². The van der Waals surface area contributed by atoms with Gasteiger partial charge in [0.1, 0.15) is 0 Å². The van der Waals surface area contributed by atoms with E-state index in [2.05, 4.69) is 0 Å². The molecule has 0 heterocycles. The zero-order valence-electron chi connectivity index (χ0n) is 8.66. The SMILES string of the molecule is C[O][Al]([CH3])[O]CCCC(N)CCN. The second-order valence-electron chi connectivity index (χ2n) is 3.15. The molecule has 13 heavy (non-hydrogen) atoms. The Morgan fingerprint density at radius 1 is 1.38 bits per heavy atom. The van der Waals surface area contributed by atoms with Crippen molar-refractivity contribution < 1.29 is 7.58 Å². The average molecular weight is 204 g/mol. The van der Waals surface area contributed by atoms with Gasteiger partial charge in [-0.05, 0) is 25.8 Å². The van der Waals surface area contributed by atoms with Crippen LogP contribution in [0.15, 0.2) is 0 Å². The molecular weight excluding hydrogens is 183 g/mol. The molecule has 0 radical (unpaired) electrons. The van der Waals surface area contributed by atoms with Gasteiger partial charge in [0, 0.05) is 19.8 Å². The molecule has 4 N–H and O–H groups in total. The van der Waals surface area contributed by atoms with Crippen LogP contribution in [0.2, 0.25) is 5.79 Å². The van der Waals surface area contributed by atoms with Crippen LogP contribution in [0.5, 0.6) is 0 Å². The van der Waals surface area contributed by atoms with Crippen LogP contribution in [-0.4, -0.2) is 41.1 Å². The van der Waals surface area contributed by atoms with Gasteiger partial charge < -0.3 is 19.0 Å². The summed E-state index contributed by atoms with van der Waals surface area (Å²) in [4.78, 5) is 0. The third-order valence-electron chi connectivity index (χ3n) is 1.94. The van der Waals surface area contributed by atoms with E-state index < -0.39 is 14.8 Å². The number of hydrogen-bond donors (Lipinski definition) is 2. The van der Waals surface area contributed by atoms with Crippen LogP contribution in [0.1, 0.15) is 19.3 Å². The molecule has 0 aromatic rings. The van der Waals surface area contributed by atoms with Crippen LogP contribution in [0.3, 0.4) is 0 Å². The minimum atomic E-state index is -1.33. The fourth-order valence-electron chi connectivity index (χ4n) is 1.02. The van der Waals surface area contributed by atoms with Crippen molar-refractivity contribution in [2.45, 2.75) is 31.1 Å². The summed E-state index contributed by atoms with van der Waals surface area (Å²) in [5.41, 5.74) is 11.2. The van der Waals surface area contributed by atoms with Crippen molar-refractivity contribution in [1.29, 1.82) is 0 Å². The molecule has 78 valence electrons. The summed E-state index contributed by atoms with van der Waals surface area (Å²) in [5.74, 6) is 2.01. The highest BCUT2D eigenvalue weighted by Gasteiger charge is 2.13. The van der Waals surface area contributed by atoms with Crippen molar-refractivity contribution in [2.24, 2.45) is 11.5 Å². The van der Waals surface area contributed by atoms with E-state index in [0.29, 0.717) is 6.54 Å². The lowest BCUT2D eigenvalue weighted by Crippen LogP contribution is -2.24. The standard InChI is InChI=1S/C6H15N2O.CH3O.CH3.Al/c7-4-3-6(8)2-1-5-9;1-2;;/h6H,1-5,7-8H2;1H3;1H3;/q2*-1;;+2. The molecule has 0 amide bonds. The quantitative estimate of drug-likeness (QED) is 0.438. The Kier molecular flexibility index (Phi) is 9.20. The van der Waals surface area contributed by atoms with E-state index in [-0.39, 0.29) is 6.04 Å². The molecule has 5 heteroatoms. The zero-order valence-corrected chi connectivity index (χ0v) is 9.82. The maximum Gasteiger partial charge on any atom is 0.670 e. The number of nitrogens with two attached hydrogens (primary N) is 2. The maximum absolute atomic E-state index is 5.78. The molecule has 0 bridgehead atoms. The zero-order chi connectivity index (χ0) is 10.1. The molecule has 0 aliphatic rings. The van der Waals surface area contributed by atoms with Gasteiger partial charge in [-0.1, -0.05) is 5.79 Å². The lowest BCUT2D eigenvalue weighted by molar-refractivity contribution is 0.227. The van der Waals surface area contributed by atoms with E-state index in [1.807, 2.05) is 5.79 Å². The number of rotatable bonds is 8. The molecule has 4 nitrogen and oxygen atoms in total. The number of hydrogen-bond acceptors (Lipinski definition) is 4. The fourth-order valence-corrected chi connectivity index (χ4v) is 1.66. The van der Waals surface area contributed by atoms with Gasteiger partial charge in [-0.15, -0.1) is 0 Å². The minimum Gasteiger partial charge on any atom is -0.481 e. The van der Waals surface area contributed by atoms with Crippen LogP contribution in [0, 0.1) is 0 Å². The summed E-state index contributed by atoms with van der Waals surface area (Å²) >= 11 is -1.33. The first kappa shape index (κ1) is 13.4. The molecule has 0 fully saturated rings. The molecule has 1 unspecified atom stereocenters. The monoisotopic (exact) mass is 204 g/mol. The molecule has 0 aliphatic carbocycles. The average Bonchev–Trinajstić information content (AvgIpc) is 2.12. The predicted molar refractivity (Wildman–Crippen MR) is 55.5 cm³/mol. The van der Waals surface area contributed by atoms with Gasteiger partial charge in [-0.3, -0.25) is 0 Å². The van der Waals surface area contributed by atoms with E-state index in [4.69, 9.17) is 19.0 Å². The summed E-state index contributed by atoms with van der Waals surface area (Å²) in [6, 6.07) is 0.230. The summed E-state index contributed by atoms with van der Waals surface area (Å²) in [6.07, 6.45) is 2.89. The first-order chi connectivity index (χ1) is 6.20. The smallest absolute Gasteiger partial charge is 0.481 e. The molecule has 0 saturated carbocycles. The summed E-state index contributed by atoms with van der Waals surface area (Å²) in [5, 5.41) is 0. The van der Waals surface area contributed by atoms with E-state index in [1.165, 1.54) is 0 Å². The Balaban J connectivity index is 3.15. The summed E-state index contributed by atoms with van der Waals surface area (Å²) in [7, 11) is 1.69. The van der Waals surface area contributed by atoms with Gasteiger partial charge in [0.15, 0.2) is 0 Å². The summed E-state index contributed by atoms with van der Waals surface area (Å²) < 4.78 is 10.5. The molecule has 0 aromatic carbocycles. The fraction of sp³-hybridized carbons (Fsp3) is 1.00. The lowest BCUT2D eigenvalue weighted by Gasteiger charge is -2.11.